The lowest BCUT2D eigenvalue weighted by molar-refractivity contribution is -0.141. The third kappa shape index (κ3) is 3.29. The number of carboxylic acid groups (broad SMARTS) is 1. The molecule has 0 aliphatic carbocycles. The van der Waals surface area contributed by atoms with Gasteiger partial charge in [0.25, 0.3) is 0 Å². The highest BCUT2D eigenvalue weighted by molar-refractivity contribution is 9.11. The summed E-state index contributed by atoms with van der Waals surface area (Å²) >= 11 is 8.14. The van der Waals surface area contributed by atoms with Crippen LogP contribution in [0.25, 0.3) is 0 Å². The maximum Gasteiger partial charge on any atom is 0.327 e. The van der Waals surface area contributed by atoms with E-state index in [1.165, 1.54) is 16.7 Å². The number of aliphatic carboxylic acids is 1. The summed E-state index contributed by atoms with van der Waals surface area (Å²) in [7, 11) is 0. The molecule has 2 N–H and O–H groups in total. The Labute approximate surface area is 137 Å². The second-order valence-electron chi connectivity index (χ2n) is 4.25. The molecule has 1 aromatic carbocycles. The van der Waals surface area contributed by atoms with Crippen molar-refractivity contribution >= 4 is 61.3 Å². The molecule has 1 saturated heterocycles. The van der Waals surface area contributed by atoms with E-state index in [9.17, 15) is 9.59 Å². The molecular weight excluding hydrogens is 412 g/mol. The van der Waals surface area contributed by atoms with Gasteiger partial charge in [-0.1, -0.05) is 15.9 Å². The van der Waals surface area contributed by atoms with E-state index < -0.39 is 18.0 Å². The van der Waals surface area contributed by atoms with Gasteiger partial charge in [0.2, 0.25) is 0 Å². The Balaban J connectivity index is 2.16. The highest BCUT2D eigenvalue weighted by Crippen LogP contribution is 2.31. The number of benzene rings is 1. The number of halogens is 2. The number of thioether (sulfide) groups is 1. The zero-order chi connectivity index (χ0) is 14.9. The van der Waals surface area contributed by atoms with Gasteiger partial charge in [-0.3, -0.25) is 4.90 Å². The monoisotopic (exact) mass is 422 g/mol. The first-order valence-corrected chi connectivity index (χ1v) is 8.42. The molecule has 108 valence electrons. The molecule has 1 aliphatic rings. The topological polar surface area (TPSA) is 69.6 Å². The Bertz CT molecular complexity index is 556. The fourth-order valence-corrected chi connectivity index (χ4v) is 4.23. The van der Waals surface area contributed by atoms with E-state index >= 15 is 0 Å². The van der Waals surface area contributed by atoms with Crippen LogP contribution in [-0.4, -0.2) is 39.2 Å². The first-order valence-electron chi connectivity index (χ1n) is 5.79. The van der Waals surface area contributed by atoms with Crippen LogP contribution in [0.4, 0.5) is 10.5 Å². The molecule has 0 saturated carbocycles. The molecule has 20 heavy (non-hydrogen) atoms. The van der Waals surface area contributed by atoms with Crippen molar-refractivity contribution in [3.05, 3.63) is 27.1 Å². The highest BCUT2D eigenvalue weighted by Gasteiger charge is 2.39. The first kappa shape index (κ1) is 15.7. The maximum absolute atomic E-state index is 12.3. The molecule has 5 nitrogen and oxygen atoms in total. The Hall–Kier alpha value is -0.730. The van der Waals surface area contributed by atoms with Gasteiger partial charge in [-0.2, -0.15) is 0 Å². The van der Waals surface area contributed by atoms with Crippen molar-refractivity contribution in [2.45, 2.75) is 18.3 Å². The molecule has 0 bridgehead atoms. The van der Waals surface area contributed by atoms with Crippen LogP contribution < -0.4 is 5.32 Å². The second-order valence-corrected chi connectivity index (χ2v) is 7.37. The van der Waals surface area contributed by atoms with Gasteiger partial charge >= 0.3 is 12.0 Å². The fourth-order valence-electron chi connectivity index (χ4n) is 1.91. The number of nitrogens with zero attached hydrogens (tertiary/aromatic N) is 1. The number of carbonyl (C=O) groups is 2. The van der Waals surface area contributed by atoms with Crippen molar-refractivity contribution in [1.82, 2.24) is 4.90 Å². The fraction of sp³-hybridized carbons (Fsp3) is 0.333. The zero-order valence-corrected chi connectivity index (χ0v) is 14.5. The van der Waals surface area contributed by atoms with E-state index in [2.05, 4.69) is 37.2 Å². The van der Waals surface area contributed by atoms with Crippen LogP contribution in [0.1, 0.15) is 6.92 Å². The van der Waals surface area contributed by atoms with Crippen LogP contribution in [0.3, 0.4) is 0 Å². The van der Waals surface area contributed by atoms with Crippen molar-refractivity contribution in [3.8, 4) is 0 Å². The van der Waals surface area contributed by atoms with Crippen LogP contribution in [0.5, 0.6) is 0 Å². The number of amides is 2. The smallest absolute Gasteiger partial charge is 0.327 e. The van der Waals surface area contributed by atoms with Crippen molar-refractivity contribution < 1.29 is 14.7 Å². The zero-order valence-electron chi connectivity index (χ0n) is 10.5. The van der Waals surface area contributed by atoms with Crippen molar-refractivity contribution in [3.63, 3.8) is 0 Å². The van der Waals surface area contributed by atoms with E-state index in [4.69, 9.17) is 5.11 Å². The van der Waals surface area contributed by atoms with E-state index in [1.54, 1.807) is 12.1 Å². The van der Waals surface area contributed by atoms with Gasteiger partial charge < -0.3 is 10.4 Å². The molecule has 0 radical (unpaired) electrons. The minimum atomic E-state index is -0.980. The molecule has 2 atom stereocenters. The number of rotatable bonds is 2. The Kier molecular flexibility index (Phi) is 4.98. The number of carbonyl (C=O) groups excluding carboxylic acids is 1. The van der Waals surface area contributed by atoms with Crippen LogP contribution >= 0.6 is 43.6 Å². The summed E-state index contributed by atoms with van der Waals surface area (Å²) in [6, 6.07) is 4.17. The van der Waals surface area contributed by atoms with Gasteiger partial charge in [0.1, 0.15) is 6.04 Å². The lowest BCUT2D eigenvalue weighted by atomic mass is 10.3. The van der Waals surface area contributed by atoms with Crippen LogP contribution in [0.15, 0.2) is 27.1 Å². The minimum absolute atomic E-state index is 0.162. The quantitative estimate of drug-likeness (QED) is 0.762. The minimum Gasteiger partial charge on any atom is -0.480 e. The molecular formula is C12H12Br2N2O3S. The van der Waals surface area contributed by atoms with E-state index in [1.807, 2.05) is 13.0 Å². The average Bonchev–Trinajstić information content (AvgIpc) is 2.75. The van der Waals surface area contributed by atoms with Crippen LogP contribution in [0, 0.1) is 0 Å². The van der Waals surface area contributed by atoms with E-state index in [-0.39, 0.29) is 5.37 Å². The number of urea groups is 1. The molecule has 2 amide bonds. The molecule has 1 aliphatic heterocycles. The lowest BCUT2D eigenvalue weighted by Crippen LogP contribution is -2.46. The van der Waals surface area contributed by atoms with Crippen molar-refractivity contribution in [1.29, 1.82) is 0 Å². The van der Waals surface area contributed by atoms with Gasteiger partial charge in [0.15, 0.2) is 0 Å². The summed E-state index contributed by atoms with van der Waals surface area (Å²) in [5.74, 6) is -0.572. The summed E-state index contributed by atoms with van der Waals surface area (Å²) in [4.78, 5) is 24.8. The Morgan fingerprint density at radius 3 is 2.75 bits per heavy atom. The normalized spacial score (nSPS) is 21.9. The molecule has 0 aromatic heterocycles. The Morgan fingerprint density at radius 1 is 1.45 bits per heavy atom. The summed E-state index contributed by atoms with van der Waals surface area (Å²) in [6.45, 7) is 1.82. The summed E-state index contributed by atoms with van der Waals surface area (Å²) in [5, 5.41) is 11.7. The number of anilines is 1. The lowest BCUT2D eigenvalue weighted by Gasteiger charge is -2.25. The molecule has 2 unspecified atom stereocenters. The SMILES string of the molecule is CC1SCC(C(=O)O)N1C(=O)Nc1ccc(Br)cc1Br. The average molecular weight is 424 g/mol. The van der Waals surface area contributed by atoms with Gasteiger partial charge in [0, 0.05) is 14.7 Å². The predicted molar refractivity (Wildman–Crippen MR) is 86.0 cm³/mol. The number of carboxylic acids is 1. The van der Waals surface area contributed by atoms with Crippen LogP contribution in [-0.2, 0) is 4.79 Å². The molecule has 0 spiro atoms. The summed E-state index contributed by atoms with van der Waals surface area (Å²) < 4.78 is 1.61. The van der Waals surface area contributed by atoms with E-state index in [0.717, 1.165) is 8.95 Å². The van der Waals surface area contributed by atoms with Crippen molar-refractivity contribution in [2.75, 3.05) is 11.1 Å². The number of hydrogen-bond acceptors (Lipinski definition) is 3. The van der Waals surface area contributed by atoms with Gasteiger partial charge in [-0.05, 0) is 41.1 Å². The van der Waals surface area contributed by atoms with Gasteiger partial charge in [0.05, 0.1) is 11.1 Å². The Morgan fingerprint density at radius 2 is 2.15 bits per heavy atom. The summed E-state index contributed by atoms with van der Waals surface area (Å²) in [6.07, 6.45) is 0. The standard InChI is InChI=1S/C12H12Br2N2O3S/c1-6-16(10(5-20-6)11(17)18)12(19)15-9-3-2-7(13)4-8(9)14/h2-4,6,10H,5H2,1H3,(H,15,19)(H,17,18). The largest absolute Gasteiger partial charge is 0.480 e. The second kappa shape index (κ2) is 6.36. The highest BCUT2D eigenvalue weighted by atomic mass is 79.9. The van der Waals surface area contributed by atoms with Crippen molar-refractivity contribution in [2.24, 2.45) is 0 Å². The van der Waals surface area contributed by atoms with Gasteiger partial charge in [-0.25, -0.2) is 9.59 Å². The third-order valence-corrected chi connectivity index (χ3v) is 5.28. The predicted octanol–water partition coefficient (Wildman–Crippen LogP) is 3.59. The molecule has 1 heterocycles. The maximum atomic E-state index is 12.3. The number of hydrogen-bond donors (Lipinski definition) is 2. The van der Waals surface area contributed by atoms with Crippen LogP contribution in [0.2, 0.25) is 0 Å². The van der Waals surface area contributed by atoms with Gasteiger partial charge in [-0.15, -0.1) is 11.8 Å². The molecule has 8 heteroatoms. The van der Waals surface area contributed by atoms with E-state index in [0.29, 0.717) is 11.4 Å². The third-order valence-electron chi connectivity index (χ3n) is 2.92. The first-order chi connectivity index (χ1) is 9.40. The number of nitrogens with one attached hydrogen (secondary N) is 1. The molecule has 1 fully saturated rings. The summed E-state index contributed by atoms with van der Waals surface area (Å²) in [5.41, 5.74) is 0.603. The molecule has 2 rings (SSSR count). The molecule has 1 aromatic rings.